The number of rotatable bonds is 4. The van der Waals surface area contributed by atoms with Crippen LogP contribution in [0.15, 0.2) is 30.6 Å². The summed E-state index contributed by atoms with van der Waals surface area (Å²) in [4.78, 5) is 15.5. The molecule has 4 heterocycles. The number of nitrogens with one attached hydrogen (secondary N) is 2. The lowest BCUT2D eigenvalue weighted by Gasteiger charge is -2.40. The van der Waals surface area contributed by atoms with Crippen molar-refractivity contribution in [3.8, 4) is 0 Å². The number of aromatic amines is 1. The Morgan fingerprint density at radius 3 is 2.75 bits per heavy atom. The van der Waals surface area contributed by atoms with E-state index in [1.54, 1.807) is 6.33 Å². The number of anilines is 1. The Kier molecular flexibility index (Phi) is 4.34. The molecule has 2 aliphatic heterocycles. The summed E-state index contributed by atoms with van der Waals surface area (Å²) in [5, 5.41) is 5.05. The maximum atomic E-state index is 5.75. The van der Waals surface area contributed by atoms with Crippen molar-refractivity contribution in [2.24, 2.45) is 11.8 Å². The fourth-order valence-corrected chi connectivity index (χ4v) is 6.42. The number of nitrogens with zero attached hydrogens (tertiary/aromatic N) is 3. The van der Waals surface area contributed by atoms with Crippen molar-refractivity contribution in [1.29, 1.82) is 0 Å². The molecule has 0 spiro atoms. The maximum absolute atomic E-state index is 5.75. The summed E-state index contributed by atoms with van der Waals surface area (Å²) >= 11 is 0. The van der Waals surface area contributed by atoms with Gasteiger partial charge >= 0.3 is 0 Å². The van der Waals surface area contributed by atoms with Crippen molar-refractivity contribution in [1.82, 2.24) is 19.9 Å². The SMILES string of the molecule is Cc1cccc2c1CC[C@@H](N1C[C@H]3COC[C@H]3C1)[C@@H]2Nc1ncnc2[nH]c(C3CC3)cc12. The fourth-order valence-electron chi connectivity index (χ4n) is 6.42. The molecule has 4 aliphatic rings. The zero-order valence-corrected chi connectivity index (χ0v) is 18.7. The van der Waals surface area contributed by atoms with Crippen molar-refractivity contribution in [2.75, 3.05) is 31.6 Å². The van der Waals surface area contributed by atoms with Gasteiger partial charge in [-0.25, -0.2) is 9.97 Å². The summed E-state index contributed by atoms with van der Waals surface area (Å²) < 4.78 is 5.75. The normalized spacial score (nSPS) is 29.9. The van der Waals surface area contributed by atoms with E-state index in [2.05, 4.69) is 51.4 Å². The summed E-state index contributed by atoms with van der Waals surface area (Å²) in [6.07, 6.45) is 6.60. The summed E-state index contributed by atoms with van der Waals surface area (Å²) in [6.45, 7) is 6.43. The monoisotopic (exact) mass is 429 g/mol. The average molecular weight is 430 g/mol. The number of aromatic nitrogens is 3. The van der Waals surface area contributed by atoms with Gasteiger partial charge in [0, 0.05) is 36.7 Å². The van der Waals surface area contributed by atoms with Crippen LogP contribution in [0, 0.1) is 18.8 Å². The Morgan fingerprint density at radius 1 is 1.09 bits per heavy atom. The van der Waals surface area contributed by atoms with Gasteiger partial charge in [0.2, 0.25) is 0 Å². The number of fused-ring (bicyclic) bond motifs is 3. The highest BCUT2D eigenvalue weighted by Gasteiger charge is 2.43. The molecular weight excluding hydrogens is 398 g/mol. The van der Waals surface area contributed by atoms with Gasteiger partial charge in [0.1, 0.15) is 17.8 Å². The molecule has 166 valence electrons. The van der Waals surface area contributed by atoms with E-state index >= 15 is 0 Å². The van der Waals surface area contributed by atoms with E-state index in [1.807, 2.05) is 0 Å². The minimum absolute atomic E-state index is 0.232. The Bertz CT molecular complexity index is 1160. The highest BCUT2D eigenvalue weighted by molar-refractivity contribution is 5.88. The van der Waals surface area contributed by atoms with Gasteiger partial charge in [0.05, 0.1) is 24.6 Å². The number of benzene rings is 1. The molecule has 2 aromatic heterocycles. The van der Waals surface area contributed by atoms with Crippen LogP contribution in [0.1, 0.15) is 53.6 Å². The third-order valence-electron chi connectivity index (χ3n) is 8.35. The van der Waals surface area contributed by atoms with Crippen molar-refractivity contribution in [3.05, 3.63) is 53.0 Å². The first-order valence-electron chi connectivity index (χ1n) is 12.2. The molecule has 2 N–H and O–H groups in total. The molecule has 3 fully saturated rings. The first-order chi connectivity index (χ1) is 15.7. The highest BCUT2D eigenvalue weighted by Crippen LogP contribution is 2.43. The molecular formula is C26H31N5O. The largest absolute Gasteiger partial charge is 0.381 e. The van der Waals surface area contributed by atoms with E-state index in [1.165, 1.54) is 41.6 Å². The Balaban J connectivity index is 1.27. The molecule has 6 nitrogen and oxygen atoms in total. The lowest BCUT2D eigenvalue weighted by atomic mass is 9.81. The summed E-state index contributed by atoms with van der Waals surface area (Å²) in [5.74, 6) is 3.04. The second-order valence-corrected chi connectivity index (χ2v) is 10.4. The smallest absolute Gasteiger partial charge is 0.143 e. The third kappa shape index (κ3) is 3.07. The third-order valence-corrected chi connectivity index (χ3v) is 8.35. The molecule has 1 saturated carbocycles. The van der Waals surface area contributed by atoms with Crippen LogP contribution in [0.3, 0.4) is 0 Å². The van der Waals surface area contributed by atoms with Gasteiger partial charge in [-0.05, 0) is 61.3 Å². The molecule has 1 aromatic carbocycles. The van der Waals surface area contributed by atoms with Crippen LogP contribution < -0.4 is 5.32 Å². The fraction of sp³-hybridized carbons (Fsp3) is 0.538. The zero-order valence-electron chi connectivity index (χ0n) is 18.7. The predicted octanol–water partition coefficient (Wildman–Crippen LogP) is 4.19. The Morgan fingerprint density at radius 2 is 1.94 bits per heavy atom. The van der Waals surface area contributed by atoms with E-state index in [4.69, 9.17) is 9.72 Å². The van der Waals surface area contributed by atoms with Crippen LogP contribution in [0.4, 0.5) is 5.82 Å². The molecule has 4 atom stereocenters. The van der Waals surface area contributed by atoms with E-state index < -0.39 is 0 Å². The second kappa shape index (κ2) is 7.29. The first kappa shape index (κ1) is 19.1. The van der Waals surface area contributed by atoms with Crippen LogP contribution in [-0.4, -0.2) is 52.2 Å². The summed E-state index contributed by atoms with van der Waals surface area (Å²) in [6, 6.07) is 9.79. The maximum Gasteiger partial charge on any atom is 0.143 e. The molecule has 0 amide bonds. The summed E-state index contributed by atoms with van der Waals surface area (Å²) in [7, 11) is 0. The van der Waals surface area contributed by atoms with E-state index in [0.29, 0.717) is 23.8 Å². The number of likely N-dealkylation sites (tertiary alicyclic amines) is 1. The average Bonchev–Trinajstić information content (AvgIpc) is 3.21. The van der Waals surface area contributed by atoms with Gasteiger partial charge in [-0.1, -0.05) is 18.2 Å². The minimum Gasteiger partial charge on any atom is -0.381 e. The van der Waals surface area contributed by atoms with Crippen molar-refractivity contribution in [3.63, 3.8) is 0 Å². The van der Waals surface area contributed by atoms with Crippen LogP contribution >= 0.6 is 0 Å². The Hall–Kier alpha value is -2.44. The number of aryl methyl sites for hydroxylation is 1. The van der Waals surface area contributed by atoms with Crippen molar-refractivity contribution < 1.29 is 4.74 Å². The number of ether oxygens (including phenoxy) is 1. The zero-order chi connectivity index (χ0) is 21.2. The molecule has 32 heavy (non-hydrogen) atoms. The van der Waals surface area contributed by atoms with Gasteiger partial charge in [-0.3, -0.25) is 4.90 Å². The lowest BCUT2D eigenvalue weighted by molar-refractivity contribution is 0.127. The van der Waals surface area contributed by atoms with Crippen LogP contribution in [0.2, 0.25) is 0 Å². The molecule has 2 saturated heterocycles. The van der Waals surface area contributed by atoms with Gasteiger partial charge in [0.25, 0.3) is 0 Å². The molecule has 6 heteroatoms. The molecule has 0 radical (unpaired) electrons. The number of hydrogen-bond donors (Lipinski definition) is 2. The number of hydrogen-bond acceptors (Lipinski definition) is 5. The highest BCUT2D eigenvalue weighted by atomic mass is 16.5. The van der Waals surface area contributed by atoms with Crippen molar-refractivity contribution >= 4 is 16.9 Å². The molecule has 0 unspecified atom stereocenters. The van der Waals surface area contributed by atoms with Gasteiger partial charge < -0.3 is 15.0 Å². The predicted molar refractivity (Wildman–Crippen MR) is 125 cm³/mol. The van der Waals surface area contributed by atoms with Gasteiger partial charge in [-0.15, -0.1) is 0 Å². The van der Waals surface area contributed by atoms with Crippen LogP contribution in [-0.2, 0) is 11.2 Å². The minimum atomic E-state index is 0.232. The topological polar surface area (TPSA) is 66.1 Å². The molecule has 3 aromatic rings. The Labute approximate surface area is 188 Å². The quantitative estimate of drug-likeness (QED) is 0.651. The lowest BCUT2D eigenvalue weighted by Crippen LogP contribution is -2.44. The van der Waals surface area contributed by atoms with E-state index in [0.717, 1.165) is 49.6 Å². The standard InChI is InChI=1S/C26H31N5O/c1-15-3-2-4-20-19(15)7-8-23(31-10-17-12-32-13-18(17)11-31)24(20)30-26-21-9-22(16-5-6-16)29-25(21)27-14-28-26/h2-4,9,14,16-18,23-24H,5-8,10-13H2,1H3,(H2,27,28,29,30)/t17-,18+,23-,24-/m1/s1. The van der Waals surface area contributed by atoms with Crippen LogP contribution in [0.5, 0.6) is 0 Å². The van der Waals surface area contributed by atoms with Crippen LogP contribution in [0.25, 0.3) is 11.0 Å². The molecule has 2 aliphatic carbocycles. The first-order valence-corrected chi connectivity index (χ1v) is 12.2. The van der Waals surface area contributed by atoms with Gasteiger partial charge in [-0.2, -0.15) is 0 Å². The second-order valence-electron chi connectivity index (χ2n) is 10.4. The molecule has 0 bridgehead atoms. The van der Waals surface area contributed by atoms with Crippen molar-refractivity contribution in [2.45, 2.75) is 50.6 Å². The van der Waals surface area contributed by atoms with Gasteiger partial charge in [0.15, 0.2) is 0 Å². The summed E-state index contributed by atoms with van der Waals surface area (Å²) in [5.41, 5.74) is 6.63. The number of H-pyrrole nitrogens is 1. The van der Waals surface area contributed by atoms with E-state index in [-0.39, 0.29) is 6.04 Å². The van der Waals surface area contributed by atoms with E-state index in [9.17, 15) is 0 Å². The molecule has 7 rings (SSSR count).